The Bertz CT molecular complexity index is 678. The van der Waals surface area contributed by atoms with Crippen LogP contribution < -0.4 is 10.2 Å². The molecule has 21 heavy (non-hydrogen) atoms. The molecule has 0 saturated heterocycles. The molecule has 0 aliphatic rings. The number of ether oxygens (including phenoxy) is 1. The quantitative estimate of drug-likeness (QED) is 0.427. The van der Waals surface area contributed by atoms with Crippen LogP contribution in [0.15, 0.2) is 38.3 Å². The van der Waals surface area contributed by atoms with E-state index in [1.807, 2.05) is 13.0 Å². The number of amides is 1. The fraction of sp³-hybridized carbons (Fsp3) is 0.143. The van der Waals surface area contributed by atoms with E-state index in [9.17, 15) is 4.79 Å². The first kappa shape index (κ1) is 16.0. The van der Waals surface area contributed by atoms with Gasteiger partial charge in [-0.3, -0.25) is 4.79 Å². The van der Waals surface area contributed by atoms with E-state index in [0.29, 0.717) is 17.1 Å². The molecule has 0 aliphatic heterocycles. The van der Waals surface area contributed by atoms with Crippen molar-refractivity contribution < 1.29 is 13.9 Å². The summed E-state index contributed by atoms with van der Waals surface area (Å²) in [6, 6.07) is 7.10. The molecule has 1 amide bonds. The van der Waals surface area contributed by atoms with Crippen molar-refractivity contribution in [3.05, 3.63) is 49.4 Å². The SMILES string of the molecule is COc1cc(C)ccc1C(=O)N/N=C\c1cc(Br)c(I)o1. The summed E-state index contributed by atoms with van der Waals surface area (Å²) in [4.78, 5) is 12.1. The van der Waals surface area contributed by atoms with E-state index < -0.39 is 0 Å². The van der Waals surface area contributed by atoms with E-state index in [2.05, 4.69) is 49.0 Å². The molecule has 2 rings (SSSR count). The lowest BCUT2D eigenvalue weighted by Crippen LogP contribution is -2.18. The summed E-state index contributed by atoms with van der Waals surface area (Å²) < 4.78 is 12.1. The van der Waals surface area contributed by atoms with Gasteiger partial charge in [-0.25, -0.2) is 5.43 Å². The Balaban J connectivity index is 2.08. The lowest BCUT2D eigenvalue weighted by Gasteiger charge is -2.07. The lowest BCUT2D eigenvalue weighted by molar-refractivity contribution is 0.0952. The number of furan rings is 1. The fourth-order valence-corrected chi connectivity index (χ4v) is 2.34. The van der Waals surface area contributed by atoms with Gasteiger partial charge in [-0.15, -0.1) is 0 Å². The minimum atomic E-state index is -0.344. The molecular formula is C14H12BrIN2O3. The van der Waals surface area contributed by atoms with Gasteiger partial charge in [0.1, 0.15) is 11.5 Å². The smallest absolute Gasteiger partial charge is 0.275 e. The number of rotatable bonds is 4. The van der Waals surface area contributed by atoms with E-state index in [1.165, 1.54) is 13.3 Å². The van der Waals surface area contributed by atoms with Crippen molar-refractivity contribution in [3.63, 3.8) is 0 Å². The summed E-state index contributed by atoms with van der Waals surface area (Å²) in [7, 11) is 1.52. The number of nitrogens with one attached hydrogen (secondary N) is 1. The Hall–Kier alpha value is -1.35. The zero-order valence-corrected chi connectivity index (χ0v) is 15.1. The summed E-state index contributed by atoms with van der Waals surface area (Å²) >= 11 is 5.39. The number of aryl methyl sites for hydroxylation is 1. The highest BCUT2D eigenvalue weighted by atomic mass is 127. The summed E-state index contributed by atoms with van der Waals surface area (Å²) in [6.07, 6.45) is 1.44. The largest absolute Gasteiger partial charge is 0.496 e. The first-order valence-corrected chi connectivity index (χ1v) is 7.81. The topological polar surface area (TPSA) is 63.8 Å². The lowest BCUT2D eigenvalue weighted by atomic mass is 10.1. The number of benzene rings is 1. The van der Waals surface area contributed by atoms with Crippen LogP contribution in [-0.4, -0.2) is 19.2 Å². The highest BCUT2D eigenvalue weighted by Crippen LogP contribution is 2.22. The fourth-order valence-electron chi connectivity index (χ4n) is 1.63. The molecule has 0 atom stereocenters. The Labute approximate surface area is 144 Å². The predicted molar refractivity (Wildman–Crippen MR) is 91.9 cm³/mol. The van der Waals surface area contributed by atoms with Crippen molar-refractivity contribution in [2.45, 2.75) is 6.92 Å². The van der Waals surface area contributed by atoms with Crippen molar-refractivity contribution >= 4 is 50.6 Å². The standard InChI is InChI=1S/C14H12BrIN2O3/c1-8-3-4-10(12(5-8)20-2)14(19)18-17-7-9-6-11(15)13(16)21-9/h3-7H,1-2H3,(H,18,19)/b17-7-. The van der Waals surface area contributed by atoms with Crippen LogP contribution in [0.1, 0.15) is 21.7 Å². The summed E-state index contributed by atoms with van der Waals surface area (Å²) in [5.41, 5.74) is 3.89. The third-order valence-electron chi connectivity index (χ3n) is 2.62. The van der Waals surface area contributed by atoms with Crippen LogP contribution in [0, 0.1) is 10.7 Å². The van der Waals surface area contributed by atoms with Crippen LogP contribution in [0.4, 0.5) is 0 Å². The van der Waals surface area contributed by atoms with Gasteiger partial charge in [0, 0.05) is 28.7 Å². The average Bonchev–Trinajstić information content (AvgIpc) is 2.77. The molecule has 1 aromatic heterocycles. The highest BCUT2D eigenvalue weighted by molar-refractivity contribution is 14.1. The van der Waals surface area contributed by atoms with Crippen LogP contribution in [0.2, 0.25) is 0 Å². The van der Waals surface area contributed by atoms with Crippen LogP contribution in [0.5, 0.6) is 5.75 Å². The number of methoxy groups -OCH3 is 1. The molecular weight excluding hydrogens is 451 g/mol. The van der Waals surface area contributed by atoms with Crippen molar-refractivity contribution in [3.8, 4) is 5.75 Å². The first-order chi connectivity index (χ1) is 10.0. The minimum absolute atomic E-state index is 0.344. The van der Waals surface area contributed by atoms with Gasteiger partial charge in [0.2, 0.25) is 0 Å². The molecule has 0 spiro atoms. The van der Waals surface area contributed by atoms with Crippen molar-refractivity contribution in [1.82, 2.24) is 5.43 Å². The van der Waals surface area contributed by atoms with Gasteiger partial charge < -0.3 is 9.15 Å². The molecule has 0 unspecified atom stereocenters. The number of carbonyl (C=O) groups is 1. The molecule has 1 N–H and O–H groups in total. The van der Waals surface area contributed by atoms with Gasteiger partial charge in [0.05, 0.1) is 23.4 Å². The number of hydrazone groups is 1. The Morgan fingerprint density at radius 2 is 2.24 bits per heavy atom. The van der Waals surface area contributed by atoms with Crippen LogP contribution >= 0.6 is 38.5 Å². The zero-order valence-electron chi connectivity index (χ0n) is 11.3. The predicted octanol–water partition coefficient (Wildman–Crippen LogP) is 3.73. The molecule has 7 heteroatoms. The van der Waals surface area contributed by atoms with Gasteiger partial charge in [0.25, 0.3) is 5.91 Å². The molecule has 110 valence electrons. The molecule has 1 aromatic carbocycles. The van der Waals surface area contributed by atoms with E-state index in [0.717, 1.165) is 13.8 Å². The van der Waals surface area contributed by atoms with E-state index in [4.69, 9.17) is 9.15 Å². The number of hydrogen-bond donors (Lipinski definition) is 1. The van der Waals surface area contributed by atoms with Crippen molar-refractivity contribution in [2.75, 3.05) is 7.11 Å². The molecule has 0 fully saturated rings. The number of nitrogens with zero attached hydrogens (tertiary/aromatic N) is 1. The maximum atomic E-state index is 12.1. The van der Waals surface area contributed by atoms with E-state index >= 15 is 0 Å². The van der Waals surface area contributed by atoms with Gasteiger partial charge >= 0.3 is 0 Å². The second-order valence-corrected chi connectivity index (χ2v) is 6.01. The molecule has 0 bridgehead atoms. The van der Waals surface area contributed by atoms with Gasteiger partial charge in [-0.05, 0) is 40.5 Å². The number of halogens is 2. The molecule has 5 nitrogen and oxygen atoms in total. The molecule has 1 heterocycles. The maximum Gasteiger partial charge on any atom is 0.275 e. The Kier molecular flexibility index (Phi) is 5.40. The second-order valence-electron chi connectivity index (χ2n) is 4.17. The molecule has 0 radical (unpaired) electrons. The number of hydrogen-bond acceptors (Lipinski definition) is 4. The van der Waals surface area contributed by atoms with Crippen molar-refractivity contribution in [1.29, 1.82) is 0 Å². The maximum absolute atomic E-state index is 12.1. The normalized spacial score (nSPS) is 10.9. The van der Waals surface area contributed by atoms with E-state index in [1.54, 1.807) is 18.2 Å². The first-order valence-electron chi connectivity index (χ1n) is 5.94. The Morgan fingerprint density at radius 3 is 2.86 bits per heavy atom. The Morgan fingerprint density at radius 1 is 1.48 bits per heavy atom. The van der Waals surface area contributed by atoms with Gasteiger partial charge in [0.15, 0.2) is 3.77 Å². The van der Waals surface area contributed by atoms with Crippen molar-refractivity contribution in [2.24, 2.45) is 5.10 Å². The third-order valence-corrected chi connectivity index (χ3v) is 4.76. The van der Waals surface area contributed by atoms with Crippen LogP contribution in [0.25, 0.3) is 0 Å². The van der Waals surface area contributed by atoms with Gasteiger partial charge in [-0.1, -0.05) is 6.07 Å². The second kappa shape index (κ2) is 7.08. The third kappa shape index (κ3) is 4.07. The monoisotopic (exact) mass is 462 g/mol. The highest BCUT2D eigenvalue weighted by Gasteiger charge is 2.11. The minimum Gasteiger partial charge on any atom is -0.496 e. The molecule has 0 saturated carbocycles. The number of carbonyl (C=O) groups excluding carboxylic acids is 1. The van der Waals surface area contributed by atoms with E-state index in [-0.39, 0.29) is 5.91 Å². The average molecular weight is 463 g/mol. The molecule has 0 aliphatic carbocycles. The summed E-state index contributed by atoms with van der Waals surface area (Å²) in [5.74, 6) is 0.712. The molecule has 2 aromatic rings. The van der Waals surface area contributed by atoms with Crippen LogP contribution in [0.3, 0.4) is 0 Å². The summed E-state index contributed by atoms with van der Waals surface area (Å²) in [6.45, 7) is 1.93. The van der Waals surface area contributed by atoms with Gasteiger partial charge in [-0.2, -0.15) is 5.10 Å². The summed E-state index contributed by atoms with van der Waals surface area (Å²) in [5, 5.41) is 3.87. The zero-order chi connectivity index (χ0) is 15.4. The van der Waals surface area contributed by atoms with Crippen LogP contribution in [-0.2, 0) is 0 Å².